The zero-order valence-corrected chi connectivity index (χ0v) is 23.8. The minimum Gasteiger partial charge on any atom is -0.370 e. The number of halogens is 3. The van der Waals surface area contributed by atoms with Crippen molar-refractivity contribution in [3.05, 3.63) is 54.6 Å². The quantitative estimate of drug-likeness (QED) is 0.312. The van der Waals surface area contributed by atoms with Gasteiger partial charge < -0.3 is 10.2 Å². The van der Waals surface area contributed by atoms with E-state index in [1.54, 1.807) is 6.20 Å². The van der Waals surface area contributed by atoms with Crippen LogP contribution >= 0.6 is 0 Å². The van der Waals surface area contributed by atoms with Crippen molar-refractivity contribution in [3.8, 4) is 11.4 Å². The lowest BCUT2D eigenvalue weighted by atomic mass is 9.93. The predicted molar refractivity (Wildman–Crippen MR) is 148 cm³/mol. The molecule has 0 aliphatic carbocycles. The van der Waals surface area contributed by atoms with Crippen molar-refractivity contribution in [2.75, 3.05) is 35.3 Å². The Morgan fingerprint density at radius 2 is 1.76 bits per heavy atom. The molecular formula is C25H26F3N7O4S2. The molecule has 0 spiro atoms. The van der Waals surface area contributed by atoms with Gasteiger partial charge in [-0.3, -0.25) is 0 Å². The van der Waals surface area contributed by atoms with Gasteiger partial charge in [-0.2, -0.15) is 30.8 Å². The van der Waals surface area contributed by atoms with Crippen LogP contribution in [0.25, 0.3) is 22.2 Å². The van der Waals surface area contributed by atoms with E-state index in [0.29, 0.717) is 25.1 Å². The maximum Gasteiger partial charge on any atom is 0.518 e. The SMILES string of the molecule is CC(C)c1ccc(N2CC(CS(C)(=O)=O)C2)c2cnc(Nc3ccnc(-c4cnn(S(=O)(=O)C(F)(F)F)c4)n3)cc12. The van der Waals surface area contributed by atoms with Gasteiger partial charge in [-0.1, -0.05) is 19.9 Å². The number of fused-ring (bicyclic) bond motifs is 1. The second-order valence-corrected chi connectivity index (χ2v) is 14.2. The first-order valence-electron chi connectivity index (χ1n) is 12.4. The van der Waals surface area contributed by atoms with Crippen LogP contribution in [0, 0.1) is 5.92 Å². The molecule has 0 bridgehead atoms. The molecule has 41 heavy (non-hydrogen) atoms. The number of rotatable bonds is 8. The summed E-state index contributed by atoms with van der Waals surface area (Å²) < 4.78 is 85.1. The smallest absolute Gasteiger partial charge is 0.370 e. The van der Waals surface area contributed by atoms with Crippen molar-refractivity contribution in [3.63, 3.8) is 0 Å². The van der Waals surface area contributed by atoms with Crippen LogP contribution in [0.2, 0.25) is 0 Å². The number of anilines is 3. The van der Waals surface area contributed by atoms with Crippen LogP contribution in [0.5, 0.6) is 0 Å². The van der Waals surface area contributed by atoms with E-state index in [2.05, 4.69) is 44.1 Å². The van der Waals surface area contributed by atoms with Crippen molar-refractivity contribution >= 4 is 48.0 Å². The second-order valence-electron chi connectivity index (χ2n) is 10.3. The summed E-state index contributed by atoms with van der Waals surface area (Å²) in [7, 11) is -8.73. The molecular weight excluding hydrogens is 583 g/mol. The normalized spacial score (nSPS) is 15.0. The number of sulfone groups is 1. The first-order chi connectivity index (χ1) is 19.1. The van der Waals surface area contributed by atoms with Crippen molar-refractivity contribution in [1.29, 1.82) is 0 Å². The number of pyridine rings is 1. The van der Waals surface area contributed by atoms with Gasteiger partial charge in [0.1, 0.15) is 21.5 Å². The number of aromatic nitrogens is 5. The molecule has 1 fully saturated rings. The number of hydrogen-bond donors (Lipinski definition) is 1. The number of alkyl halides is 3. The Hall–Kier alpha value is -3.79. The lowest BCUT2D eigenvalue weighted by Crippen LogP contribution is -2.49. The maximum atomic E-state index is 12.9. The highest BCUT2D eigenvalue weighted by Gasteiger charge is 2.48. The van der Waals surface area contributed by atoms with E-state index < -0.39 is 25.4 Å². The molecule has 4 heterocycles. The first kappa shape index (κ1) is 28.7. The summed E-state index contributed by atoms with van der Waals surface area (Å²) in [5.74, 6) is 1.12. The van der Waals surface area contributed by atoms with Crippen LogP contribution in [0.15, 0.2) is 49.1 Å². The van der Waals surface area contributed by atoms with Gasteiger partial charge in [-0.25, -0.2) is 23.4 Å². The molecule has 218 valence electrons. The maximum absolute atomic E-state index is 12.9. The zero-order chi connectivity index (χ0) is 29.7. The summed E-state index contributed by atoms with van der Waals surface area (Å²) in [5, 5.41) is 8.27. The number of nitrogens with one attached hydrogen (secondary N) is 1. The molecule has 16 heteroatoms. The third-order valence-electron chi connectivity index (χ3n) is 6.64. The monoisotopic (exact) mass is 609 g/mol. The molecule has 1 aliphatic rings. The average molecular weight is 610 g/mol. The van der Waals surface area contributed by atoms with Crippen molar-refractivity contribution in [1.82, 2.24) is 24.1 Å². The minimum atomic E-state index is -5.68. The summed E-state index contributed by atoms with van der Waals surface area (Å²) in [6, 6.07) is 7.48. The van der Waals surface area contributed by atoms with Crippen LogP contribution < -0.4 is 10.2 Å². The van der Waals surface area contributed by atoms with E-state index in [9.17, 15) is 30.0 Å². The van der Waals surface area contributed by atoms with E-state index in [4.69, 9.17) is 0 Å². The fourth-order valence-corrected chi connectivity index (χ4v) is 6.45. The van der Waals surface area contributed by atoms with Gasteiger partial charge in [0, 0.05) is 48.7 Å². The lowest BCUT2D eigenvalue weighted by Gasteiger charge is -2.41. The Balaban J connectivity index is 1.42. The molecule has 0 amide bonds. The molecule has 11 nitrogen and oxygen atoms in total. The standard InChI is InChI=1S/C25H26F3N7O4S2/c1-15(2)18-4-5-21(34-11-16(12-34)14-40(3,36)37)20-10-30-23(8-19(18)20)32-22-6-7-29-24(33-22)17-9-31-35(13-17)41(38,39)25(26,27)28/h4-10,13,15-16H,11-12,14H2,1-3H3,(H,29,30,32,33). The molecule has 3 aromatic heterocycles. The molecule has 5 rings (SSSR count). The first-order valence-corrected chi connectivity index (χ1v) is 15.9. The molecule has 1 saturated heterocycles. The Morgan fingerprint density at radius 3 is 2.41 bits per heavy atom. The number of nitrogens with zero attached hydrogens (tertiary/aromatic N) is 6. The van der Waals surface area contributed by atoms with E-state index in [-0.39, 0.29) is 38.9 Å². The average Bonchev–Trinajstić information content (AvgIpc) is 3.35. The van der Waals surface area contributed by atoms with Crippen LogP contribution in [0.4, 0.5) is 30.5 Å². The summed E-state index contributed by atoms with van der Waals surface area (Å²) in [4.78, 5) is 15.0. The third kappa shape index (κ3) is 5.84. The summed E-state index contributed by atoms with van der Waals surface area (Å²) in [6.07, 6.45) is 5.98. The molecule has 0 saturated carbocycles. The van der Waals surface area contributed by atoms with E-state index in [1.807, 2.05) is 18.2 Å². The topological polar surface area (TPSA) is 140 Å². The Labute approximate surface area is 234 Å². The minimum absolute atomic E-state index is 0.0246. The highest BCUT2D eigenvalue weighted by atomic mass is 32.2. The molecule has 1 aliphatic heterocycles. The van der Waals surface area contributed by atoms with Crippen molar-refractivity contribution in [2.45, 2.75) is 25.3 Å². The van der Waals surface area contributed by atoms with E-state index in [1.165, 1.54) is 18.5 Å². The van der Waals surface area contributed by atoms with Gasteiger partial charge in [0.2, 0.25) is 0 Å². The zero-order valence-electron chi connectivity index (χ0n) is 22.2. The molecule has 0 unspecified atom stereocenters. The summed E-state index contributed by atoms with van der Waals surface area (Å²) >= 11 is 0. The van der Waals surface area contributed by atoms with Gasteiger partial charge in [-0.05, 0) is 35.1 Å². The summed E-state index contributed by atoms with van der Waals surface area (Å²) in [6.45, 7) is 5.41. The van der Waals surface area contributed by atoms with Crippen LogP contribution in [-0.2, 0) is 19.9 Å². The van der Waals surface area contributed by atoms with Crippen LogP contribution in [0.3, 0.4) is 0 Å². The molecule has 1 aromatic carbocycles. The molecule has 4 aromatic rings. The van der Waals surface area contributed by atoms with E-state index >= 15 is 0 Å². The van der Waals surface area contributed by atoms with Crippen molar-refractivity contribution in [2.24, 2.45) is 5.92 Å². The Morgan fingerprint density at radius 1 is 1.02 bits per heavy atom. The van der Waals surface area contributed by atoms with Crippen LogP contribution in [-0.4, -0.2) is 71.6 Å². The predicted octanol–water partition coefficient (Wildman–Crippen LogP) is 3.93. The largest absolute Gasteiger partial charge is 0.518 e. The fourth-order valence-electron chi connectivity index (χ4n) is 4.75. The molecule has 1 N–H and O–H groups in total. The number of benzene rings is 1. The number of hydrogen-bond acceptors (Lipinski definition) is 10. The Kier molecular flexibility index (Phi) is 7.18. The van der Waals surface area contributed by atoms with Gasteiger partial charge in [-0.15, -0.1) is 0 Å². The molecule has 0 atom stereocenters. The lowest BCUT2D eigenvalue weighted by molar-refractivity contribution is -0.0449. The van der Waals surface area contributed by atoms with E-state index in [0.717, 1.165) is 28.2 Å². The Bertz CT molecular complexity index is 1840. The molecule has 0 radical (unpaired) electrons. The van der Waals surface area contributed by atoms with Crippen molar-refractivity contribution < 1.29 is 30.0 Å². The highest BCUT2D eigenvalue weighted by Crippen LogP contribution is 2.37. The fraction of sp³-hybridized carbons (Fsp3) is 0.360. The van der Waals surface area contributed by atoms with Gasteiger partial charge in [0.05, 0.1) is 23.7 Å². The van der Waals surface area contributed by atoms with Gasteiger partial charge >= 0.3 is 15.5 Å². The van der Waals surface area contributed by atoms with Gasteiger partial charge in [0.25, 0.3) is 0 Å². The van der Waals surface area contributed by atoms with Crippen LogP contribution in [0.1, 0.15) is 25.3 Å². The third-order valence-corrected chi connectivity index (χ3v) is 8.99. The summed E-state index contributed by atoms with van der Waals surface area (Å²) in [5.41, 5.74) is -3.49. The highest BCUT2D eigenvalue weighted by molar-refractivity contribution is 7.90. The van der Waals surface area contributed by atoms with Gasteiger partial charge in [0.15, 0.2) is 5.82 Å². The second kappa shape index (κ2) is 10.2.